The van der Waals surface area contributed by atoms with E-state index >= 15 is 0 Å². The van der Waals surface area contributed by atoms with E-state index < -0.39 is 6.04 Å². The smallest absolute Gasteiger partial charge is 0.251 e. The summed E-state index contributed by atoms with van der Waals surface area (Å²) < 4.78 is 5.15. The lowest BCUT2D eigenvalue weighted by molar-refractivity contribution is 0.0916. The number of aliphatic hydroxyl groups is 1. The van der Waals surface area contributed by atoms with Crippen LogP contribution in [-0.4, -0.2) is 35.6 Å². The summed E-state index contributed by atoms with van der Waals surface area (Å²) in [6.45, 7) is 0.0560. The van der Waals surface area contributed by atoms with E-state index in [0.29, 0.717) is 23.2 Å². The van der Waals surface area contributed by atoms with Crippen LogP contribution < -0.4 is 15.4 Å². The lowest BCUT2D eigenvalue weighted by Gasteiger charge is -2.18. The minimum absolute atomic E-state index is 0.248. The largest absolute Gasteiger partial charge is 0.497 e. The number of benzene rings is 3. The van der Waals surface area contributed by atoms with Gasteiger partial charge in [-0.1, -0.05) is 36.4 Å². The van der Waals surface area contributed by atoms with Crippen LogP contribution in [0.1, 0.15) is 37.9 Å². The predicted molar refractivity (Wildman–Crippen MR) is 138 cm³/mol. The number of carbonyl (C=O) groups is 2. The number of carbonyl (C=O) groups excluding carboxylic acids is 2. The molecule has 0 saturated heterocycles. The zero-order valence-corrected chi connectivity index (χ0v) is 19.8. The molecular formula is C29H27N3O4. The molecule has 0 aliphatic carbocycles. The van der Waals surface area contributed by atoms with Gasteiger partial charge in [-0.2, -0.15) is 0 Å². The molecule has 1 aromatic heterocycles. The maximum absolute atomic E-state index is 12.8. The van der Waals surface area contributed by atoms with Gasteiger partial charge in [-0.05, 0) is 70.8 Å². The van der Waals surface area contributed by atoms with E-state index in [1.807, 2.05) is 48.5 Å². The fourth-order valence-corrected chi connectivity index (χ4v) is 3.76. The SMILES string of the molecule is COc1ccc(CNC(=O)c2cccc([C@@H](CO)NC(=O)c3ccc(-c4ccncc4)cc3)c2)cc1. The Morgan fingerprint density at radius 1 is 0.861 bits per heavy atom. The Labute approximate surface area is 209 Å². The molecule has 1 heterocycles. The third kappa shape index (κ3) is 6.14. The summed E-state index contributed by atoms with van der Waals surface area (Å²) >= 11 is 0. The number of rotatable bonds is 9. The standard InChI is InChI=1S/C29H27N3O4/c1-36-26-11-5-20(6-12-26)18-31-28(34)25-4-2-3-24(17-25)27(19-33)32-29(35)23-9-7-21(8-10-23)22-13-15-30-16-14-22/h2-17,27,33H,18-19H2,1H3,(H,31,34)(H,32,35)/t27-/m1/s1. The van der Waals surface area contributed by atoms with Gasteiger partial charge in [0.2, 0.25) is 0 Å². The molecule has 4 rings (SSSR count). The highest BCUT2D eigenvalue weighted by atomic mass is 16.5. The van der Waals surface area contributed by atoms with Crippen molar-refractivity contribution in [1.82, 2.24) is 15.6 Å². The predicted octanol–water partition coefficient (Wildman–Crippen LogP) is 4.15. The van der Waals surface area contributed by atoms with Crippen LogP contribution in [0.15, 0.2) is 97.3 Å². The van der Waals surface area contributed by atoms with Gasteiger partial charge in [0.15, 0.2) is 0 Å². The molecule has 0 spiro atoms. The Morgan fingerprint density at radius 3 is 2.22 bits per heavy atom. The summed E-state index contributed by atoms with van der Waals surface area (Å²) in [5.74, 6) is 0.187. The highest BCUT2D eigenvalue weighted by Gasteiger charge is 2.17. The Morgan fingerprint density at radius 2 is 1.56 bits per heavy atom. The number of hydrogen-bond donors (Lipinski definition) is 3. The van der Waals surface area contributed by atoms with Gasteiger partial charge in [0.05, 0.1) is 19.8 Å². The van der Waals surface area contributed by atoms with Gasteiger partial charge in [0.1, 0.15) is 5.75 Å². The molecule has 0 aliphatic heterocycles. The number of ether oxygens (including phenoxy) is 1. The third-order valence-electron chi connectivity index (χ3n) is 5.81. The van der Waals surface area contributed by atoms with Crippen LogP contribution in [0.2, 0.25) is 0 Å². The number of aliphatic hydroxyl groups excluding tert-OH is 1. The average molecular weight is 482 g/mol. The molecule has 0 fully saturated rings. The lowest BCUT2D eigenvalue weighted by atomic mass is 10.0. The molecule has 0 unspecified atom stereocenters. The fraction of sp³-hybridized carbons (Fsp3) is 0.138. The van der Waals surface area contributed by atoms with Crippen molar-refractivity contribution in [3.8, 4) is 16.9 Å². The van der Waals surface area contributed by atoms with Gasteiger partial charge in [0.25, 0.3) is 11.8 Å². The van der Waals surface area contributed by atoms with Crippen LogP contribution in [-0.2, 0) is 6.54 Å². The van der Waals surface area contributed by atoms with Gasteiger partial charge in [-0.15, -0.1) is 0 Å². The van der Waals surface area contributed by atoms with Crippen molar-refractivity contribution >= 4 is 11.8 Å². The third-order valence-corrected chi connectivity index (χ3v) is 5.81. The van der Waals surface area contributed by atoms with E-state index in [4.69, 9.17) is 4.74 Å². The summed E-state index contributed by atoms with van der Waals surface area (Å²) in [5, 5.41) is 15.7. The quantitative estimate of drug-likeness (QED) is 0.333. The van der Waals surface area contributed by atoms with Gasteiger partial charge < -0.3 is 20.5 Å². The van der Waals surface area contributed by atoms with Gasteiger partial charge in [0, 0.05) is 30.1 Å². The van der Waals surface area contributed by atoms with Crippen LogP contribution in [0.5, 0.6) is 5.75 Å². The van der Waals surface area contributed by atoms with Gasteiger partial charge in [-0.3, -0.25) is 14.6 Å². The van der Waals surface area contributed by atoms with E-state index in [2.05, 4.69) is 15.6 Å². The number of pyridine rings is 1. The van der Waals surface area contributed by atoms with Crippen molar-refractivity contribution in [2.75, 3.05) is 13.7 Å². The van der Waals surface area contributed by atoms with Gasteiger partial charge >= 0.3 is 0 Å². The molecule has 36 heavy (non-hydrogen) atoms. The molecule has 0 bridgehead atoms. The molecule has 2 amide bonds. The molecular weight excluding hydrogens is 454 g/mol. The molecule has 3 N–H and O–H groups in total. The van der Waals surface area contributed by atoms with Crippen LogP contribution in [0.25, 0.3) is 11.1 Å². The Hall–Kier alpha value is -4.49. The van der Waals surface area contributed by atoms with E-state index in [1.54, 1.807) is 55.9 Å². The Balaban J connectivity index is 1.40. The molecule has 1 atom stereocenters. The second-order valence-corrected chi connectivity index (χ2v) is 8.18. The maximum Gasteiger partial charge on any atom is 0.251 e. The molecule has 0 aliphatic rings. The van der Waals surface area contributed by atoms with E-state index in [0.717, 1.165) is 22.4 Å². The van der Waals surface area contributed by atoms with Crippen molar-refractivity contribution in [3.63, 3.8) is 0 Å². The number of nitrogens with zero attached hydrogens (tertiary/aromatic N) is 1. The van der Waals surface area contributed by atoms with Crippen LogP contribution >= 0.6 is 0 Å². The number of aromatic nitrogens is 1. The van der Waals surface area contributed by atoms with Crippen molar-refractivity contribution in [2.45, 2.75) is 12.6 Å². The van der Waals surface area contributed by atoms with E-state index in [1.165, 1.54) is 0 Å². The minimum atomic E-state index is -0.660. The average Bonchev–Trinajstić information content (AvgIpc) is 2.95. The molecule has 4 aromatic rings. The molecule has 0 saturated carbocycles. The highest BCUT2D eigenvalue weighted by Crippen LogP contribution is 2.20. The lowest BCUT2D eigenvalue weighted by Crippen LogP contribution is -2.31. The zero-order chi connectivity index (χ0) is 25.3. The first-order valence-electron chi connectivity index (χ1n) is 11.5. The van der Waals surface area contributed by atoms with E-state index in [9.17, 15) is 14.7 Å². The summed E-state index contributed by atoms with van der Waals surface area (Å²) in [6, 6.07) is 24.7. The first kappa shape index (κ1) is 24.6. The summed E-state index contributed by atoms with van der Waals surface area (Å²) in [5.41, 5.74) is 4.47. The van der Waals surface area contributed by atoms with Crippen molar-refractivity contribution in [1.29, 1.82) is 0 Å². The van der Waals surface area contributed by atoms with Gasteiger partial charge in [-0.25, -0.2) is 0 Å². The molecule has 182 valence electrons. The second-order valence-electron chi connectivity index (χ2n) is 8.18. The molecule has 7 nitrogen and oxygen atoms in total. The topological polar surface area (TPSA) is 101 Å². The summed E-state index contributed by atoms with van der Waals surface area (Å²) in [6.07, 6.45) is 3.44. The molecule has 3 aromatic carbocycles. The molecule has 7 heteroatoms. The van der Waals surface area contributed by atoms with Crippen LogP contribution in [0.3, 0.4) is 0 Å². The van der Waals surface area contributed by atoms with Crippen LogP contribution in [0.4, 0.5) is 0 Å². The normalized spacial score (nSPS) is 11.4. The van der Waals surface area contributed by atoms with Crippen molar-refractivity contribution < 1.29 is 19.4 Å². The number of nitrogens with one attached hydrogen (secondary N) is 2. The Bertz CT molecular complexity index is 1310. The first-order valence-corrected chi connectivity index (χ1v) is 11.5. The maximum atomic E-state index is 12.8. The van der Waals surface area contributed by atoms with E-state index in [-0.39, 0.29) is 18.4 Å². The fourth-order valence-electron chi connectivity index (χ4n) is 3.76. The monoisotopic (exact) mass is 481 g/mol. The highest BCUT2D eigenvalue weighted by molar-refractivity contribution is 5.95. The summed E-state index contributed by atoms with van der Waals surface area (Å²) in [4.78, 5) is 29.6. The number of methoxy groups -OCH3 is 1. The van der Waals surface area contributed by atoms with Crippen molar-refractivity contribution in [2.24, 2.45) is 0 Å². The summed E-state index contributed by atoms with van der Waals surface area (Å²) in [7, 11) is 1.60. The van der Waals surface area contributed by atoms with Crippen LogP contribution in [0, 0.1) is 0 Å². The second kappa shape index (κ2) is 11.8. The minimum Gasteiger partial charge on any atom is -0.497 e. The number of hydrogen-bond acceptors (Lipinski definition) is 5. The Kier molecular flexibility index (Phi) is 8.05. The number of amides is 2. The zero-order valence-electron chi connectivity index (χ0n) is 19.8. The molecule has 0 radical (unpaired) electrons. The van der Waals surface area contributed by atoms with Crippen molar-refractivity contribution in [3.05, 3.63) is 120 Å². The first-order chi connectivity index (χ1) is 17.6.